The van der Waals surface area contributed by atoms with Crippen molar-refractivity contribution >= 4 is 5.78 Å². The minimum Gasteiger partial charge on any atom is -0.494 e. The fourth-order valence-electron chi connectivity index (χ4n) is 2.06. The van der Waals surface area contributed by atoms with Crippen molar-refractivity contribution in [2.45, 2.75) is 19.4 Å². The van der Waals surface area contributed by atoms with Crippen LogP contribution >= 0.6 is 0 Å². The molecule has 0 saturated heterocycles. The number of rotatable bonds is 4. The summed E-state index contributed by atoms with van der Waals surface area (Å²) in [5, 5.41) is 10.1. The number of methoxy groups -OCH3 is 2. The molecule has 0 aromatic carbocycles. The van der Waals surface area contributed by atoms with Gasteiger partial charge in [-0.25, -0.2) is 0 Å². The van der Waals surface area contributed by atoms with E-state index in [1.165, 1.54) is 14.2 Å². The lowest BCUT2D eigenvalue weighted by Gasteiger charge is -2.33. The molecular weight excluding hydrogens is 208 g/mol. The minimum absolute atomic E-state index is 0.128. The summed E-state index contributed by atoms with van der Waals surface area (Å²) >= 11 is 0. The van der Waals surface area contributed by atoms with Crippen LogP contribution in [-0.4, -0.2) is 31.2 Å². The average Bonchev–Trinajstić information content (AvgIpc) is 2.29. The van der Waals surface area contributed by atoms with Gasteiger partial charge in [0.1, 0.15) is 6.10 Å². The van der Waals surface area contributed by atoms with Crippen molar-refractivity contribution in [2.75, 3.05) is 14.2 Å². The first kappa shape index (κ1) is 12.8. The third-order valence-electron chi connectivity index (χ3n) is 3.04. The number of hydrogen-bond acceptors (Lipinski definition) is 4. The lowest BCUT2D eigenvalue weighted by Crippen LogP contribution is -2.40. The summed E-state index contributed by atoms with van der Waals surface area (Å²) in [5.41, 5.74) is 0. The molecule has 0 amide bonds. The van der Waals surface area contributed by atoms with E-state index in [9.17, 15) is 9.90 Å². The van der Waals surface area contributed by atoms with Crippen LogP contribution in [0.1, 0.15) is 13.3 Å². The van der Waals surface area contributed by atoms with Gasteiger partial charge in [0.25, 0.3) is 0 Å². The number of aliphatic hydroxyl groups excluding tert-OH is 1. The third kappa shape index (κ3) is 1.97. The van der Waals surface area contributed by atoms with Crippen LogP contribution in [0.25, 0.3) is 0 Å². The van der Waals surface area contributed by atoms with Crippen molar-refractivity contribution in [1.29, 1.82) is 0 Å². The Labute approximate surface area is 95.6 Å². The van der Waals surface area contributed by atoms with Crippen molar-refractivity contribution in [2.24, 2.45) is 11.8 Å². The van der Waals surface area contributed by atoms with E-state index >= 15 is 0 Å². The van der Waals surface area contributed by atoms with Crippen LogP contribution in [0.15, 0.2) is 24.2 Å². The van der Waals surface area contributed by atoms with Gasteiger partial charge >= 0.3 is 0 Å². The van der Waals surface area contributed by atoms with E-state index in [1.807, 2.05) is 0 Å². The maximum absolute atomic E-state index is 11.9. The van der Waals surface area contributed by atoms with E-state index in [1.54, 1.807) is 13.0 Å². The lowest BCUT2D eigenvalue weighted by atomic mass is 9.77. The Kier molecular flexibility index (Phi) is 4.12. The Bertz CT molecular complexity index is 319. The number of ketones is 1. The molecule has 16 heavy (non-hydrogen) atoms. The van der Waals surface area contributed by atoms with Gasteiger partial charge in [-0.3, -0.25) is 4.79 Å². The molecule has 0 saturated carbocycles. The van der Waals surface area contributed by atoms with Gasteiger partial charge in [-0.05, 0) is 6.42 Å². The maximum atomic E-state index is 11.9. The number of ether oxygens (including phenoxy) is 2. The number of carbonyl (C=O) groups is 1. The summed E-state index contributed by atoms with van der Waals surface area (Å²) in [4.78, 5) is 11.9. The highest BCUT2D eigenvalue weighted by atomic mass is 16.5. The van der Waals surface area contributed by atoms with E-state index < -0.39 is 6.10 Å². The molecule has 4 nitrogen and oxygen atoms in total. The number of hydrogen-bond donors (Lipinski definition) is 1. The fourth-order valence-corrected chi connectivity index (χ4v) is 2.06. The topological polar surface area (TPSA) is 55.8 Å². The number of carbonyl (C=O) groups excluding carboxylic acids is 1. The smallest absolute Gasteiger partial charge is 0.204 e. The Hall–Kier alpha value is -1.29. The molecule has 0 aliphatic heterocycles. The first-order chi connectivity index (χ1) is 7.58. The number of aliphatic hydroxyl groups is 1. The van der Waals surface area contributed by atoms with Gasteiger partial charge in [0.05, 0.1) is 14.2 Å². The Morgan fingerprint density at radius 1 is 1.44 bits per heavy atom. The van der Waals surface area contributed by atoms with Crippen LogP contribution in [0.5, 0.6) is 0 Å². The standard InChI is InChI=1S/C12H18O4/c1-5-6-8-7(2)9(13)11(15-3)12(16-4)10(8)14/h5,7-8,10,14H,1,6H2,2-4H3. The van der Waals surface area contributed by atoms with E-state index in [0.717, 1.165) is 0 Å². The summed E-state index contributed by atoms with van der Waals surface area (Å²) in [6.07, 6.45) is 1.45. The number of allylic oxidation sites excluding steroid dienone is 2. The van der Waals surface area contributed by atoms with Gasteiger partial charge in [0.15, 0.2) is 5.76 Å². The summed E-state index contributed by atoms with van der Waals surface area (Å²) in [7, 11) is 2.82. The van der Waals surface area contributed by atoms with Gasteiger partial charge in [-0.2, -0.15) is 0 Å². The Morgan fingerprint density at radius 2 is 2.06 bits per heavy atom. The molecule has 90 valence electrons. The molecule has 3 atom stereocenters. The summed E-state index contributed by atoms with van der Waals surface area (Å²) in [6, 6.07) is 0. The highest BCUT2D eigenvalue weighted by molar-refractivity contribution is 5.97. The molecule has 0 aromatic rings. The Balaban J connectivity index is 3.13. The second-order valence-corrected chi connectivity index (χ2v) is 3.89. The molecule has 3 unspecified atom stereocenters. The lowest BCUT2D eigenvalue weighted by molar-refractivity contribution is -0.128. The monoisotopic (exact) mass is 226 g/mol. The molecule has 1 rings (SSSR count). The molecule has 1 aliphatic rings. The van der Waals surface area contributed by atoms with E-state index in [4.69, 9.17) is 9.47 Å². The van der Waals surface area contributed by atoms with E-state index in [-0.39, 0.29) is 29.1 Å². The summed E-state index contributed by atoms with van der Waals surface area (Å²) in [5.74, 6) is -0.266. The number of Topliss-reactive ketones (excluding diaryl/α,β-unsaturated/α-hetero) is 1. The zero-order valence-electron chi connectivity index (χ0n) is 9.90. The van der Waals surface area contributed by atoms with Crippen molar-refractivity contribution in [1.82, 2.24) is 0 Å². The molecule has 4 heteroatoms. The van der Waals surface area contributed by atoms with Crippen LogP contribution < -0.4 is 0 Å². The Morgan fingerprint density at radius 3 is 2.50 bits per heavy atom. The van der Waals surface area contributed by atoms with Crippen molar-refractivity contribution in [3.63, 3.8) is 0 Å². The maximum Gasteiger partial charge on any atom is 0.204 e. The summed E-state index contributed by atoms with van der Waals surface area (Å²) in [6.45, 7) is 5.41. The predicted octanol–water partition coefficient (Wildman–Crippen LogP) is 1.26. The molecule has 0 heterocycles. The van der Waals surface area contributed by atoms with Gasteiger partial charge < -0.3 is 14.6 Å². The zero-order chi connectivity index (χ0) is 12.3. The van der Waals surface area contributed by atoms with E-state index in [2.05, 4.69) is 6.58 Å². The van der Waals surface area contributed by atoms with Crippen LogP contribution in [0.4, 0.5) is 0 Å². The van der Waals surface area contributed by atoms with Crippen LogP contribution in [-0.2, 0) is 14.3 Å². The van der Waals surface area contributed by atoms with Crippen molar-refractivity contribution in [3.8, 4) is 0 Å². The first-order valence-corrected chi connectivity index (χ1v) is 5.23. The molecule has 0 aromatic heterocycles. The van der Waals surface area contributed by atoms with Crippen LogP contribution in [0, 0.1) is 11.8 Å². The fraction of sp³-hybridized carbons (Fsp3) is 0.583. The zero-order valence-corrected chi connectivity index (χ0v) is 9.90. The van der Waals surface area contributed by atoms with Gasteiger partial charge in [0.2, 0.25) is 11.5 Å². The molecule has 0 radical (unpaired) electrons. The molecule has 0 spiro atoms. The average molecular weight is 226 g/mol. The van der Waals surface area contributed by atoms with E-state index in [0.29, 0.717) is 6.42 Å². The highest BCUT2D eigenvalue weighted by Gasteiger charge is 2.41. The largest absolute Gasteiger partial charge is 0.494 e. The highest BCUT2D eigenvalue weighted by Crippen LogP contribution is 2.34. The van der Waals surface area contributed by atoms with Gasteiger partial charge in [-0.1, -0.05) is 13.0 Å². The van der Waals surface area contributed by atoms with Crippen LogP contribution in [0.2, 0.25) is 0 Å². The molecule has 1 N–H and O–H groups in total. The normalized spacial score (nSPS) is 30.2. The molecule has 1 aliphatic carbocycles. The first-order valence-electron chi connectivity index (χ1n) is 5.23. The SMILES string of the molecule is C=CCC1C(C)C(=O)C(OC)=C(OC)C1O. The second kappa shape index (κ2) is 5.16. The minimum atomic E-state index is -0.814. The molecule has 0 bridgehead atoms. The van der Waals surface area contributed by atoms with Crippen molar-refractivity contribution < 1.29 is 19.4 Å². The van der Waals surface area contributed by atoms with Crippen LogP contribution in [0.3, 0.4) is 0 Å². The molecule has 0 fully saturated rings. The quantitative estimate of drug-likeness (QED) is 0.733. The summed E-state index contributed by atoms with van der Waals surface area (Å²) < 4.78 is 10.0. The van der Waals surface area contributed by atoms with Gasteiger partial charge in [-0.15, -0.1) is 6.58 Å². The molecular formula is C12H18O4. The van der Waals surface area contributed by atoms with Crippen molar-refractivity contribution in [3.05, 3.63) is 24.2 Å². The second-order valence-electron chi connectivity index (χ2n) is 3.89. The van der Waals surface area contributed by atoms with Gasteiger partial charge in [0, 0.05) is 11.8 Å². The third-order valence-corrected chi connectivity index (χ3v) is 3.04. The predicted molar refractivity (Wildman–Crippen MR) is 59.5 cm³/mol.